The summed E-state index contributed by atoms with van der Waals surface area (Å²) in [5.74, 6) is 0.276. The fourth-order valence-electron chi connectivity index (χ4n) is 2.09. The van der Waals surface area contributed by atoms with Crippen molar-refractivity contribution in [1.29, 1.82) is 0 Å². The van der Waals surface area contributed by atoms with Crippen LogP contribution in [0, 0.1) is 0 Å². The SMILES string of the molecule is Oc1ccc(CNc2ccnc3cc(Cl)ccc23)cc1. The Morgan fingerprint density at radius 3 is 2.65 bits per heavy atom. The van der Waals surface area contributed by atoms with Crippen LogP contribution in [0.2, 0.25) is 5.02 Å². The van der Waals surface area contributed by atoms with Crippen molar-refractivity contribution in [3.05, 3.63) is 65.3 Å². The van der Waals surface area contributed by atoms with Gasteiger partial charge in [-0.3, -0.25) is 4.98 Å². The van der Waals surface area contributed by atoms with Gasteiger partial charge in [-0.15, -0.1) is 0 Å². The van der Waals surface area contributed by atoms with E-state index in [1.807, 2.05) is 36.4 Å². The van der Waals surface area contributed by atoms with Gasteiger partial charge < -0.3 is 10.4 Å². The average molecular weight is 285 g/mol. The van der Waals surface area contributed by atoms with E-state index in [9.17, 15) is 5.11 Å². The molecule has 0 aliphatic carbocycles. The fraction of sp³-hybridized carbons (Fsp3) is 0.0625. The number of anilines is 1. The molecule has 0 radical (unpaired) electrons. The maximum Gasteiger partial charge on any atom is 0.115 e. The lowest BCUT2D eigenvalue weighted by Gasteiger charge is -2.09. The van der Waals surface area contributed by atoms with Crippen molar-refractivity contribution in [3.8, 4) is 5.75 Å². The molecule has 0 fully saturated rings. The van der Waals surface area contributed by atoms with Crippen molar-refractivity contribution >= 4 is 28.2 Å². The van der Waals surface area contributed by atoms with Crippen LogP contribution < -0.4 is 5.32 Å². The Bertz CT molecular complexity index is 741. The molecule has 2 N–H and O–H groups in total. The quantitative estimate of drug-likeness (QED) is 0.757. The largest absolute Gasteiger partial charge is 0.508 e. The number of halogens is 1. The number of rotatable bonds is 3. The van der Waals surface area contributed by atoms with Crippen LogP contribution in [0.5, 0.6) is 5.75 Å². The number of fused-ring (bicyclic) bond motifs is 1. The topological polar surface area (TPSA) is 45.1 Å². The molecule has 0 atom stereocenters. The number of pyridine rings is 1. The van der Waals surface area contributed by atoms with Crippen LogP contribution in [-0.2, 0) is 6.54 Å². The van der Waals surface area contributed by atoms with Crippen molar-refractivity contribution in [2.24, 2.45) is 0 Å². The molecule has 0 bridgehead atoms. The summed E-state index contributed by atoms with van der Waals surface area (Å²) in [6.07, 6.45) is 1.76. The summed E-state index contributed by atoms with van der Waals surface area (Å²) < 4.78 is 0. The Morgan fingerprint density at radius 2 is 1.85 bits per heavy atom. The number of aromatic nitrogens is 1. The molecule has 20 heavy (non-hydrogen) atoms. The van der Waals surface area contributed by atoms with E-state index in [4.69, 9.17) is 11.6 Å². The van der Waals surface area contributed by atoms with Crippen molar-refractivity contribution in [2.45, 2.75) is 6.54 Å². The molecule has 0 unspecified atom stereocenters. The molecule has 2 aromatic carbocycles. The Hall–Kier alpha value is -2.26. The number of hydrogen-bond acceptors (Lipinski definition) is 3. The van der Waals surface area contributed by atoms with Gasteiger partial charge in [-0.2, -0.15) is 0 Å². The highest BCUT2D eigenvalue weighted by molar-refractivity contribution is 6.31. The third kappa shape index (κ3) is 2.68. The first-order valence-corrected chi connectivity index (χ1v) is 6.66. The van der Waals surface area contributed by atoms with Gasteiger partial charge in [-0.05, 0) is 42.0 Å². The first-order chi connectivity index (χ1) is 9.72. The first kappa shape index (κ1) is 12.8. The van der Waals surface area contributed by atoms with E-state index >= 15 is 0 Å². The molecule has 4 heteroatoms. The smallest absolute Gasteiger partial charge is 0.115 e. The third-order valence-electron chi connectivity index (χ3n) is 3.12. The number of nitrogens with zero attached hydrogens (tertiary/aromatic N) is 1. The molecule has 3 aromatic rings. The van der Waals surface area contributed by atoms with Crippen LogP contribution in [0.1, 0.15) is 5.56 Å². The van der Waals surface area contributed by atoms with Crippen LogP contribution in [0.3, 0.4) is 0 Å². The van der Waals surface area contributed by atoms with Crippen LogP contribution in [0.4, 0.5) is 5.69 Å². The molecule has 1 heterocycles. The second kappa shape index (κ2) is 5.39. The number of phenols is 1. The highest BCUT2D eigenvalue weighted by Gasteiger charge is 2.02. The summed E-state index contributed by atoms with van der Waals surface area (Å²) in [5, 5.41) is 14.4. The minimum absolute atomic E-state index is 0.276. The van der Waals surface area contributed by atoms with Crippen molar-refractivity contribution in [3.63, 3.8) is 0 Å². The molecular formula is C16H13ClN2O. The van der Waals surface area contributed by atoms with Gasteiger partial charge >= 0.3 is 0 Å². The summed E-state index contributed by atoms with van der Waals surface area (Å²) in [6, 6.07) is 14.8. The van der Waals surface area contributed by atoms with Gasteiger partial charge in [0.05, 0.1) is 5.52 Å². The van der Waals surface area contributed by atoms with Gasteiger partial charge in [0.2, 0.25) is 0 Å². The Balaban J connectivity index is 1.85. The summed E-state index contributed by atoms with van der Waals surface area (Å²) in [5.41, 5.74) is 2.98. The molecule has 0 aliphatic heterocycles. The van der Waals surface area contributed by atoms with Gasteiger partial charge in [0.15, 0.2) is 0 Å². The first-order valence-electron chi connectivity index (χ1n) is 6.28. The van der Waals surface area contributed by atoms with E-state index < -0.39 is 0 Å². The normalized spacial score (nSPS) is 10.7. The highest BCUT2D eigenvalue weighted by Crippen LogP contribution is 2.24. The molecule has 0 saturated heterocycles. The fourth-order valence-corrected chi connectivity index (χ4v) is 2.25. The molecule has 3 rings (SSSR count). The predicted molar refractivity (Wildman–Crippen MR) is 82.2 cm³/mol. The standard InChI is InChI=1S/C16H13ClN2O/c17-12-3-6-14-15(7-8-18-16(14)9-12)19-10-11-1-4-13(20)5-2-11/h1-9,20H,10H2,(H,18,19). The van der Waals surface area contributed by atoms with Crippen molar-refractivity contribution < 1.29 is 5.11 Å². The van der Waals surface area contributed by atoms with Gasteiger partial charge in [-0.1, -0.05) is 23.7 Å². The Labute approximate surface area is 121 Å². The minimum atomic E-state index is 0.276. The molecule has 100 valence electrons. The number of phenolic OH excluding ortho intramolecular Hbond substituents is 1. The maximum absolute atomic E-state index is 9.27. The molecule has 3 nitrogen and oxygen atoms in total. The third-order valence-corrected chi connectivity index (χ3v) is 3.36. The van der Waals surface area contributed by atoms with Gasteiger partial charge in [0.1, 0.15) is 5.75 Å². The van der Waals surface area contributed by atoms with E-state index in [1.54, 1.807) is 18.3 Å². The van der Waals surface area contributed by atoms with E-state index in [0.29, 0.717) is 11.6 Å². The van der Waals surface area contributed by atoms with E-state index in [1.165, 1.54) is 0 Å². The van der Waals surface area contributed by atoms with Gasteiger partial charge in [0.25, 0.3) is 0 Å². The summed E-state index contributed by atoms with van der Waals surface area (Å²) in [6.45, 7) is 0.683. The Kier molecular flexibility index (Phi) is 3.44. The molecule has 0 saturated carbocycles. The minimum Gasteiger partial charge on any atom is -0.508 e. The second-order valence-electron chi connectivity index (χ2n) is 4.54. The van der Waals surface area contributed by atoms with Gasteiger partial charge in [0, 0.05) is 28.8 Å². The van der Waals surface area contributed by atoms with Crippen LogP contribution in [0.25, 0.3) is 10.9 Å². The zero-order valence-corrected chi connectivity index (χ0v) is 11.4. The lowest BCUT2D eigenvalue weighted by Crippen LogP contribution is -2.00. The van der Waals surface area contributed by atoms with Gasteiger partial charge in [-0.25, -0.2) is 0 Å². The van der Waals surface area contributed by atoms with Crippen LogP contribution >= 0.6 is 11.6 Å². The second-order valence-corrected chi connectivity index (χ2v) is 4.98. The number of aromatic hydroxyl groups is 1. The molecule has 0 spiro atoms. The van der Waals surface area contributed by atoms with E-state index in [2.05, 4.69) is 10.3 Å². The van der Waals surface area contributed by atoms with Crippen LogP contribution in [0.15, 0.2) is 54.7 Å². The monoisotopic (exact) mass is 284 g/mol. The predicted octanol–water partition coefficient (Wildman–Crippen LogP) is 4.21. The summed E-state index contributed by atoms with van der Waals surface area (Å²) in [7, 11) is 0. The van der Waals surface area contributed by atoms with E-state index in [0.717, 1.165) is 22.2 Å². The lowest BCUT2D eigenvalue weighted by atomic mass is 10.1. The molecule has 0 amide bonds. The zero-order valence-electron chi connectivity index (χ0n) is 10.7. The average Bonchev–Trinajstić information content (AvgIpc) is 2.46. The molecule has 1 aromatic heterocycles. The number of hydrogen-bond donors (Lipinski definition) is 2. The molecular weight excluding hydrogens is 272 g/mol. The summed E-state index contributed by atoms with van der Waals surface area (Å²) in [4.78, 5) is 4.31. The zero-order chi connectivity index (χ0) is 13.9. The van der Waals surface area contributed by atoms with Crippen LogP contribution in [-0.4, -0.2) is 10.1 Å². The number of nitrogens with one attached hydrogen (secondary N) is 1. The van der Waals surface area contributed by atoms with E-state index in [-0.39, 0.29) is 5.75 Å². The Morgan fingerprint density at radius 1 is 1.05 bits per heavy atom. The molecule has 0 aliphatic rings. The number of benzene rings is 2. The van der Waals surface area contributed by atoms with Crippen molar-refractivity contribution in [1.82, 2.24) is 4.98 Å². The lowest BCUT2D eigenvalue weighted by molar-refractivity contribution is 0.475. The maximum atomic E-state index is 9.27. The highest BCUT2D eigenvalue weighted by atomic mass is 35.5. The summed E-state index contributed by atoms with van der Waals surface area (Å²) >= 11 is 5.97. The van der Waals surface area contributed by atoms with Crippen molar-refractivity contribution in [2.75, 3.05) is 5.32 Å².